The number of amides is 1. The quantitative estimate of drug-likeness (QED) is 0.565. The van der Waals surface area contributed by atoms with Gasteiger partial charge in [-0.25, -0.2) is 12.8 Å². The Balaban J connectivity index is 1.51. The predicted molar refractivity (Wildman–Crippen MR) is 124 cm³/mol. The molecule has 35 heavy (non-hydrogen) atoms. The van der Waals surface area contributed by atoms with E-state index in [-0.39, 0.29) is 40.0 Å². The van der Waals surface area contributed by atoms with E-state index in [4.69, 9.17) is 23.2 Å². The lowest BCUT2D eigenvalue weighted by Crippen LogP contribution is -2.59. The number of carbonyl (C=O) groups excluding carboxylic acids is 1. The molecule has 1 amide bonds. The van der Waals surface area contributed by atoms with Crippen LogP contribution in [0, 0.1) is 0 Å². The Bertz CT molecular complexity index is 1290. The SMILES string of the molecule is CS(=O)(=O)CC(=O)N1CC(F)(c2ccc(C3=NNC(c4cc(Cl)cc(Cl)c4)(C(F)(F)F)C3)cc2)C1. The maximum atomic E-state index is 15.2. The van der Waals surface area contributed by atoms with Crippen molar-refractivity contribution < 1.29 is 30.8 Å². The van der Waals surface area contributed by atoms with Crippen LogP contribution in [0.4, 0.5) is 17.6 Å². The van der Waals surface area contributed by atoms with Gasteiger partial charge in [-0.1, -0.05) is 47.5 Å². The summed E-state index contributed by atoms with van der Waals surface area (Å²) in [5, 5.41) is 4.01. The summed E-state index contributed by atoms with van der Waals surface area (Å²) in [6, 6.07) is 9.42. The maximum Gasteiger partial charge on any atom is 0.417 e. The number of benzene rings is 2. The number of sulfone groups is 1. The highest BCUT2D eigenvalue weighted by atomic mass is 35.5. The van der Waals surface area contributed by atoms with E-state index in [0.717, 1.165) is 11.2 Å². The van der Waals surface area contributed by atoms with Crippen molar-refractivity contribution in [2.24, 2.45) is 5.10 Å². The third-order valence-electron chi connectivity index (χ3n) is 6.01. The first kappa shape index (κ1) is 25.7. The minimum absolute atomic E-state index is 0.0496. The van der Waals surface area contributed by atoms with Gasteiger partial charge in [0, 0.05) is 22.7 Å². The summed E-state index contributed by atoms with van der Waals surface area (Å²) in [7, 11) is -3.53. The fourth-order valence-corrected chi connectivity index (χ4v) is 5.31. The number of halogens is 6. The molecule has 1 saturated heterocycles. The van der Waals surface area contributed by atoms with Crippen LogP contribution in [0.2, 0.25) is 10.0 Å². The van der Waals surface area contributed by atoms with Crippen molar-refractivity contribution in [3.8, 4) is 0 Å². The van der Waals surface area contributed by atoms with Gasteiger partial charge in [-0.3, -0.25) is 10.2 Å². The summed E-state index contributed by atoms with van der Waals surface area (Å²) in [5.74, 6) is -1.39. The van der Waals surface area contributed by atoms with Crippen LogP contribution >= 0.6 is 23.2 Å². The van der Waals surface area contributed by atoms with Crippen molar-refractivity contribution in [1.82, 2.24) is 10.3 Å². The molecule has 1 unspecified atom stereocenters. The zero-order valence-electron chi connectivity index (χ0n) is 18.2. The van der Waals surface area contributed by atoms with Crippen LogP contribution in [0.1, 0.15) is 23.1 Å². The molecule has 0 aliphatic carbocycles. The van der Waals surface area contributed by atoms with Crippen molar-refractivity contribution in [1.29, 1.82) is 0 Å². The highest BCUT2D eigenvalue weighted by Crippen LogP contribution is 2.46. The van der Waals surface area contributed by atoms with Crippen molar-refractivity contribution in [2.45, 2.75) is 23.8 Å². The van der Waals surface area contributed by atoms with Crippen LogP contribution in [-0.2, 0) is 25.8 Å². The van der Waals surface area contributed by atoms with Gasteiger partial charge in [0.1, 0.15) is 5.75 Å². The minimum Gasteiger partial charge on any atom is -0.335 e. The summed E-state index contributed by atoms with van der Waals surface area (Å²) in [6.45, 7) is -0.619. The first-order valence-corrected chi connectivity index (χ1v) is 13.1. The Morgan fingerprint density at radius 3 is 2.17 bits per heavy atom. The van der Waals surface area contributed by atoms with Gasteiger partial charge >= 0.3 is 6.18 Å². The van der Waals surface area contributed by atoms with E-state index in [1.165, 1.54) is 42.5 Å². The second-order valence-electron chi connectivity index (χ2n) is 8.77. The third-order valence-corrected chi connectivity index (χ3v) is 7.22. The molecule has 2 aromatic rings. The molecule has 1 atom stereocenters. The van der Waals surface area contributed by atoms with Gasteiger partial charge in [-0.05, 0) is 34.9 Å². The highest BCUT2D eigenvalue weighted by Gasteiger charge is 2.59. The maximum absolute atomic E-state index is 15.2. The molecule has 13 heteroatoms. The smallest absolute Gasteiger partial charge is 0.335 e. The molecule has 0 aromatic heterocycles. The second-order valence-corrected chi connectivity index (χ2v) is 11.8. The van der Waals surface area contributed by atoms with E-state index in [9.17, 15) is 26.4 Å². The van der Waals surface area contributed by atoms with E-state index < -0.39 is 45.3 Å². The molecule has 0 bridgehead atoms. The first-order chi connectivity index (χ1) is 16.1. The number of rotatable bonds is 5. The molecule has 2 aliphatic rings. The zero-order chi connectivity index (χ0) is 25.8. The summed E-state index contributed by atoms with van der Waals surface area (Å²) >= 11 is 11.9. The number of hydrazone groups is 1. The average molecular weight is 552 g/mol. The van der Waals surface area contributed by atoms with Gasteiger partial charge in [-0.15, -0.1) is 0 Å². The topological polar surface area (TPSA) is 78.8 Å². The van der Waals surface area contributed by atoms with Crippen molar-refractivity contribution in [2.75, 3.05) is 25.1 Å². The van der Waals surface area contributed by atoms with Crippen molar-refractivity contribution >= 4 is 44.7 Å². The summed E-state index contributed by atoms with van der Waals surface area (Å²) < 4.78 is 80.3. The minimum atomic E-state index is -4.73. The third kappa shape index (κ3) is 4.99. The summed E-state index contributed by atoms with van der Waals surface area (Å²) in [6.07, 6.45) is -4.36. The van der Waals surface area contributed by atoms with Gasteiger partial charge < -0.3 is 4.90 Å². The van der Waals surface area contributed by atoms with E-state index in [1.54, 1.807) is 0 Å². The molecule has 2 heterocycles. The van der Waals surface area contributed by atoms with Crippen LogP contribution in [0.5, 0.6) is 0 Å². The Hall–Kier alpha value is -2.37. The molecule has 6 nitrogen and oxygen atoms in total. The second kappa shape index (κ2) is 8.63. The van der Waals surface area contributed by atoms with Crippen LogP contribution in [0.25, 0.3) is 0 Å². The zero-order valence-corrected chi connectivity index (χ0v) is 20.5. The van der Waals surface area contributed by atoms with Crippen molar-refractivity contribution in [3.63, 3.8) is 0 Å². The Kier molecular flexibility index (Phi) is 6.34. The number of hydrogen-bond donors (Lipinski definition) is 1. The molecule has 188 valence electrons. The Labute approximate surface area is 208 Å². The first-order valence-electron chi connectivity index (χ1n) is 10.2. The molecule has 0 radical (unpaired) electrons. The van der Waals surface area contributed by atoms with Gasteiger partial charge in [0.2, 0.25) is 5.91 Å². The molecule has 0 saturated carbocycles. The monoisotopic (exact) mass is 551 g/mol. The molecular formula is C22H19Cl2F4N3O3S. The molecule has 0 spiro atoms. The number of nitrogens with zero attached hydrogens (tertiary/aromatic N) is 2. The molecule has 1 N–H and O–H groups in total. The highest BCUT2D eigenvalue weighted by molar-refractivity contribution is 7.91. The lowest BCUT2D eigenvalue weighted by Gasteiger charge is -2.44. The van der Waals surface area contributed by atoms with Crippen molar-refractivity contribution in [3.05, 3.63) is 69.2 Å². The number of alkyl halides is 4. The Morgan fingerprint density at radius 2 is 1.66 bits per heavy atom. The fourth-order valence-electron chi connectivity index (χ4n) is 4.15. The Morgan fingerprint density at radius 1 is 1.09 bits per heavy atom. The largest absolute Gasteiger partial charge is 0.417 e. The fraction of sp³-hybridized carbons (Fsp3) is 0.364. The van der Waals surface area contributed by atoms with Gasteiger partial charge in [0.25, 0.3) is 0 Å². The van der Waals surface area contributed by atoms with Gasteiger partial charge in [-0.2, -0.15) is 18.3 Å². The normalized spacial score (nSPS) is 21.8. The molecular weight excluding hydrogens is 533 g/mol. The van der Waals surface area contributed by atoms with Crippen LogP contribution < -0.4 is 5.43 Å². The summed E-state index contributed by atoms with van der Waals surface area (Å²) in [5.41, 5.74) is -1.71. The molecule has 2 aromatic carbocycles. The number of nitrogens with one attached hydrogen (secondary N) is 1. The van der Waals surface area contributed by atoms with E-state index in [0.29, 0.717) is 5.56 Å². The number of carbonyl (C=O) groups is 1. The lowest BCUT2D eigenvalue weighted by atomic mass is 9.83. The van der Waals surface area contributed by atoms with E-state index in [2.05, 4.69) is 10.5 Å². The lowest BCUT2D eigenvalue weighted by molar-refractivity contribution is -0.196. The molecule has 1 fully saturated rings. The van der Waals surface area contributed by atoms with Crippen LogP contribution in [0.3, 0.4) is 0 Å². The van der Waals surface area contributed by atoms with E-state index >= 15 is 4.39 Å². The summed E-state index contributed by atoms with van der Waals surface area (Å²) in [4.78, 5) is 13.0. The van der Waals surface area contributed by atoms with Crippen LogP contribution in [-0.4, -0.2) is 56.2 Å². The van der Waals surface area contributed by atoms with Gasteiger partial charge in [0.05, 0.1) is 18.8 Å². The van der Waals surface area contributed by atoms with Gasteiger partial charge in [0.15, 0.2) is 21.0 Å². The standard InChI is InChI=1S/C22H19Cl2F4N3O3S/c1-35(33,34)10-19(32)31-11-20(25,12-31)14-4-2-13(3-5-14)18-9-21(30-29-18,22(26,27)28)15-6-16(23)8-17(24)7-15/h2-8,30H,9-12H2,1H3. The predicted octanol–water partition coefficient (Wildman–Crippen LogP) is 4.20. The average Bonchev–Trinajstić information content (AvgIpc) is 3.16. The van der Waals surface area contributed by atoms with E-state index in [1.807, 2.05) is 0 Å². The molecule has 2 aliphatic heterocycles. The van der Waals surface area contributed by atoms with Crippen LogP contribution in [0.15, 0.2) is 47.6 Å². The number of hydrogen-bond acceptors (Lipinski definition) is 5. The number of likely N-dealkylation sites (tertiary alicyclic amines) is 1. The molecule has 4 rings (SSSR count).